The first-order chi connectivity index (χ1) is 18.8. The molecule has 4 aromatic carbocycles. The van der Waals surface area contributed by atoms with Gasteiger partial charge in [0.25, 0.3) is 10.0 Å². The van der Waals surface area contributed by atoms with Gasteiger partial charge in [-0.1, -0.05) is 79.7 Å². The average Bonchev–Trinajstić information content (AvgIpc) is 3.35. The number of para-hydroxylation sites is 1. The minimum absolute atomic E-state index is 0.0428. The Bertz CT molecular complexity index is 1960. The van der Waals surface area contributed by atoms with Crippen LogP contribution in [0.25, 0.3) is 22.0 Å². The highest BCUT2D eigenvalue weighted by molar-refractivity contribution is 7.93. The summed E-state index contributed by atoms with van der Waals surface area (Å²) in [5.41, 5.74) is 3.77. The van der Waals surface area contributed by atoms with Crippen LogP contribution in [0, 0.1) is 0 Å². The van der Waals surface area contributed by atoms with Gasteiger partial charge in [-0.2, -0.15) is 0 Å². The lowest BCUT2D eigenvalue weighted by Gasteiger charge is -2.10. The Labute approximate surface area is 235 Å². The number of benzene rings is 4. The summed E-state index contributed by atoms with van der Waals surface area (Å²) >= 11 is 0. The van der Waals surface area contributed by atoms with E-state index in [0.717, 1.165) is 27.8 Å². The van der Waals surface area contributed by atoms with Gasteiger partial charge >= 0.3 is 0 Å². The number of hydrogen-bond donors (Lipinski definition) is 0. The lowest BCUT2D eigenvalue weighted by atomic mass is 10.0. The molecule has 0 unspecified atom stereocenters. The molecule has 0 fully saturated rings. The first-order valence-corrected chi connectivity index (χ1v) is 17.6. The standard InChI is InChI=1S/C15H13NO4S2.C15H16O2S/c1-21(17,18)15-11-12-7-5-6-10-14(12)16(15)22(19,20)13-8-3-2-4-9-13;1-3-12-4-6-13(7-5-12)14-8-10-15(11-9-14)18(2,16)17/h2-11H,1H3;4-11H,3H2,1-2H3. The Kier molecular flexibility index (Phi) is 8.34. The summed E-state index contributed by atoms with van der Waals surface area (Å²) in [5.74, 6) is 0. The molecule has 0 spiro atoms. The van der Waals surface area contributed by atoms with E-state index in [2.05, 4.69) is 31.2 Å². The molecule has 5 rings (SSSR count). The number of sulfone groups is 2. The quantitative estimate of drug-likeness (QED) is 0.253. The number of aromatic nitrogens is 1. The van der Waals surface area contributed by atoms with Gasteiger partial charge in [-0.05, 0) is 59.5 Å². The normalized spacial score (nSPS) is 12.1. The second-order valence-electron chi connectivity index (χ2n) is 9.24. The van der Waals surface area contributed by atoms with Crippen molar-refractivity contribution < 1.29 is 25.3 Å². The van der Waals surface area contributed by atoms with Gasteiger partial charge in [-0.25, -0.2) is 29.2 Å². The fourth-order valence-corrected chi connectivity index (χ4v) is 7.63. The van der Waals surface area contributed by atoms with E-state index in [9.17, 15) is 25.3 Å². The number of rotatable bonds is 6. The molecular formula is C30H29NO6S3. The number of hydrogen-bond acceptors (Lipinski definition) is 6. The summed E-state index contributed by atoms with van der Waals surface area (Å²) in [4.78, 5) is 0.401. The zero-order valence-electron chi connectivity index (χ0n) is 22.2. The molecule has 0 amide bonds. The summed E-state index contributed by atoms with van der Waals surface area (Å²) in [5, 5.41) is 0.319. The summed E-state index contributed by atoms with van der Waals surface area (Å²) in [6.07, 6.45) is 3.24. The van der Waals surface area contributed by atoms with Crippen LogP contribution in [0.15, 0.2) is 124 Å². The van der Waals surface area contributed by atoms with Gasteiger partial charge in [0, 0.05) is 17.9 Å². The smallest absolute Gasteiger partial charge is 0.224 e. The molecule has 0 radical (unpaired) electrons. The second kappa shape index (κ2) is 11.4. The largest absolute Gasteiger partial charge is 0.269 e. The molecule has 208 valence electrons. The summed E-state index contributed by atoms with van der Waals surface area (Å²) in [6, 6.07) is 31.1. The molecule has 40 heavy (non-hydrogen) atoms. The van der Waals surface area contributed by atoms with Crippen molar-refractivity contribution in [2.75, 3.05) is 12.5 Å². The van der Waals surface area contributed by atoms with Crippen LogP contribution >= 0.6 is 0 Å². The third kappa shape index (κ3) is 6.35. The van der Waals surface area contributed by atoms with Gasteiger partial charge in [0.05, 0.1) is 15.3 Å². The molecule has 0 atom stereocenters. The minimum Gasteiger partial charge on any atom is -0.224 e. The molecule has 0 aliphatic rings. The minimum atomic E-state index is -4.00. The maximum atomic E-state index is 12.9. The Morgan fingerprint density at radius 3 is 1.62 bits per heavy atom. The number of nitrogens with zero attached hydrogens (tertiary/aromatic N) is 1. The Morgan fingerprint density at radius 2 is 1.10 bits per heavy atom. The lowest BCUT2D eigenvalue weighted by molar-refractivity contribution is 0.576. The molecular weight excluding hydrogens is 567 g/mol. The molecule has 0 aliphatic carbocycles. The molecule has 5 aromatic rings. The number of fused-ring (bicyclic) bond motifs is 1. The average molecular weight is 596 g/mol. The van der Waals surface area contributed by atoms with Crippen LogP contribution in [0.4, 0.5) is 0 Å². The third-order valence-electron chi connectivity index (χ3n) is 6.27. The molecule has 7 nitrogen and oxygen atoms in total. The second-order valence-corrected chi connectivity index (χ2v) is 15.0. The summed E-state index contributed by atoms with van der Waals surface area (Å²) in [7, 11) is -10.8. The maximum Gasteiger partial charge on any atom is 0.269 e. The Hall–Kier alpha value is -3.73. The lowest BCUT2D eigenvalue weighted by Crippen LogP contribution is -2.17. The fraction of sp³-hybridized carbons (Fsp3) is 0.133. The van der Waals surface area contributed by atoms with E-state index in [1.165, 1.54) is 30.0 Å². The Morgan fingerprint density at radius 1 is 0.575 bits per heavy atom. The van der Waals surface area contributed by atoms with Crippen LogP contribution in [0.1, 0.15) is 12.5 Å². The molecule has 0 saturated carbocycles. The molecule has 0 saturated heterocycles. The third-order valence-corrected chi connectivity index (χ3v) is 10.3. The predicted molar refractivity (Wildman–Crippen MR) is 158 cm³/mol. The van der Waals surface area contributed by atoms with Crippen LogP contribution in [-0.4, -0.2) is 41.7 Å². The molecule has 0 bridgehead atoms. The molecule has 10 heteroatoms. The summed E-state index contributed by atoms with van der Waals surface area (Å²) in [6.45, 7) is 2.12. The first-order valence-electron chi connectivity index (χ1n) is 12.3. The molecule has 0 N–H and O–H groups in total. The van der Waals surface area contributed by atoms with Crippen molar-refractivity contribution in [1.29, 1.82) is 0 Å². The zero-order chi connectivity index (χ0) is 29.1. The van der Waals surface area contributed by atoms with Gasteiger partial charge < -0.3 is 0 Å². The van der Waals surface area contributed by atoms with E-state index in [1.54, 1.807) is 54.6 Å². The van der Waals surface area contributed by atoms with Crippen molar-refractivity contribution in [2.45, 2.75) is 28.2 Å². The van der Waals surface area contributed by atoms with Gasteiger partial charge in [-0.15, -0.1) is 0 Å². The van der Waals surface area contributed by atoms with Crippen molar-refractivity contribution in [3.8, 4) is 11.1 Å². The predicted octanol–water partition coefficient (Wildman–Crippen LogP) is 5.60. The van der Waals surface area contributed by atoms with E-state index in [1.807, 2.05) is 12.1 Å². The molecule has 1 aromatic heterocycles. The van der Waals surface area contributed by atoms with Crippen molar-refractivity contribution in [1.82, 2.24) is 3.97 Å². The monoisotopic (exact) mass is 595 g/mol. The summed E-state index contributed by atoms with van der Waals surface area (Å²) < 4.78 is 73.4. The van der Waals surface area contributed by atoms with E-state index < -0.39 is 29.7 Å². The van der Waals surface area contributed by atoms with E-state index >= 15 is 0 Å². The van der Waals surface area contributed by atoms with Crippen LogP contribution in [-0.2, 0) is 36.1 Å². The van der Waals surface area contributed by atoms with Gasteiger partial charge in [0.2, 0.25) is 0 Å². The van der Waals surface area contributed by atoms with Gasteiger partial charge in [0.1, 0.15) is 5.03 Å². The van der Waals surface area contributed by atoms with Crippen molar-refractivity contribution in [3.05, 3.63) is 115 Å². The highest BCUT2D eigenvalue weighted by atomic mass is 32.2. The van der Waals surface area contributed by atoms with Gasteiger partial charge in [-0.3, -0.25) is 0 Å². The van der Waals surface area contributed by atoms with Crippen molar-refractivity contribution >= 4 is 40.6 Å². The fourth-order valence-electron chi connectivity index (χ4n) is 4.14. The zero-order valence-corrected chi connectivity index (χ0v) is 24.7. The van der Waals surface area contributed by atoms with Crippen LogP contribution in [0.5, 0.6) is 0 Å². The van der Waals surface area contributed by atoms with Crippen LogP contribution < -0.4 is 0 Å². The van der Waals surface area contributed by atoms with Crippen molar-refractivity contribution in [3.63, 3.8) is 0 Å². The van der Waals surface area contributed by atoms with Crippen molar-refractivity contribution in [2.24, 2.45) is 0 Å². The van der Waals surface area contributed by atoms with Crippen LogP contribution in [0.2, 0.25) is 0 Å². The SMILES string of the molecule is CCc1ccc(-c2ccc(S(C)(=O)=O)cc2)cc1.CS(=O)(=O)c1cc2ccccc2n1S(=O)(=O)c1ccccc1. The van der Waals surface area contributed by atoms with E-state index in [-0.39, 0.29) is 9.92 Å². The highest BCUT2D eigenvalue weighted by Crippen LogP contribution is 2.28. The topological polar surface area (TPSA) is 107 Å². The van der Waals surface area contributed by atoms with E-state index in [0.29, 0.717) is 15.8 Å². The molecule has 1 heterocycles. The Balaban J connectivity index is 0.000000189. The van der Waals surface area contributed by atoms with E-state index in [4.69, 9.17) is 0 Å². The highest BCUT2D eigenvalue weighted by Gasteiger charge is 2.27. The first kappa shape index (κ1) is 29.3. The number of aryl methyl sites for hydroxylation is 1. The molecule has 0 aliphatic heterocycles. The van der Waals surface area contributed by atoms with Crippen LogP contribution in [0.3, 0.4) is 0 Å². The van der Waals surface area contributed by atoms with Gasteiger partial charge in [0.15, 0.2) is 19.7 Å². The maximum absolute atomic E-state index is 12.9.